The number of halogens is 1. The topological polar surface area (TPSA) is 42.0 Å². The number of amides is 1. The van der Waals surface area contributed by atoms with Gasteiger partial charge < -0.3 is 5.32 Å². The number of hydrogen-bond acceptors (Lipinski definition) is 2. The van der Waals surface area contributed by atoms with Gasteiger partial charge in [0, 0.05) is 11.6 Å². The fraction of sp³-hybridized carbons (Fsp3) is 0.0909. The minimum absolute atomic E-state index is 0.0636. The van der Waals surface area contributed by atoms with Crippen molar-refractivity contribution in [2.75, 3.05) is 10.6 Å². The molecule has 0 aliphatic heterocycles. The van der Waals surface area contributed by atoms with E-state index in [0.29, 0.717) is 5.33 Å². The van der Waals surface area contributed by atoms with Gasteiger partial charge in [-0.3, -0.25) is 9.78 Å². The number of nitrogens with one attached hydrogen (secondary N) is 1. The lowest BCUT2D eigenvalue weighted by Gasteiger charge is -2.06. The highest BCUT2D eigenvalue weighted by Crippen LogP contribution is 2.20. The van der Waals surface area contributed by atoms with Crippen LogP contribution >= 0.6 is 15.9 Å². The van der Waals surface area contributed by atoms with Crippen molar-refractivity contribution in [3.63, 3.8) is 0 Å². The molecule has 0 fully saturated rings. The first-order valence-corrected chi connectivity index (χ1v) is 5.63. The number of anilines is 1. The Morgan fingerprint density at radius 2 is 2.13 bits per heavy atom. The molecule has 1 aromatic carbocycles. The predicted octanol–water partition coefficient (Wildman–Crippen LogP) is 2.57. The monoisotopic (exact) mass is 264 g/mol. The fourth-order valence-electron chi connectivity index (χ4n) is 1.39. The Bertz CT molecular complexity index is 493. The van der Waals surface area contributed by atoms with Crippen LogP contribution < -0.4 is 5.32 Å². The number of aromatic nitrogens is 1. The molecule has 1 amide bonds. The van der Waals surface area contributed by atoms with Crippen molar-refractivity contribution in [2.45, 2.75) is 0 Å². The molecule has 1 N–H and O–H groups in total. The van der Waals surface area contributed by atoms with Crippen molar-refractivity contribution >= 4 is 38.4 Å². The Kier molecular flexibility index (Phi) is 2.97. The second kappa shape index (κ2) is 4.40. The zero-order valence-corrected chi connectivity index (χ0v) is 9.49. The van der Waals surface area contributed by atoms with Crippen LogP contribution in [0.25, 0.3) is 10.9 Å². The number of pyridine rings is 1. The first-order valence-electron chi connectivity index (χ1n) is 4.51. The van der Waals surface area contributed by atoms with E-state index in [-0.39, 0.29) is 5.91 Å². The van der Waals surface area contributed by atoms with Crippen molar-refractivity contribution in [3.05, 3.63) is 36.5 Å². The summed E-state index contributed by atoms with van der Waals surface area (Å²) in [5.41, 5.74) is 1.68. The Morgan fingerprint density at radius 1 is 1.33 bits per heavy atom. The number of benzene rings is 1. The molecule has 0 saturated heterocycles. The molecule has 2 rings (SSSR count). The largest absolute Gasteiger partial charge is 0.325 e. The first-order chi connectivity index (χ1) is 7.31. The van der Waals surface area contributed by atoms with Gasteiger partial charge in [0.1, 0.15) is 0 Å². The van der Waals surface area contributed by atoms with Crippen molar-refractivity contribution in [1.82, 2.24) is 4.98 Å². The number of hydrogen-bond donors (Lipinski definition) is 1. The second-order valence-corrected chi connectivity index (χ2v) is 3.62. The van der Waals surface area contributed by atoms with Crippen LogP contribution in [0.4, 0.5) is 5.69 Å². The molecular weight excluding hydrogens is 256 g/mol. The van der Waals surface area contributed by atoms with Gasteiger partial charge in [-0.2, -0.15) is 0 Å². The Hall–Kier alpha value is -1.42. The summed E-state index contributed by atoms with van der Waals surface area (Å²) >= 11 is 3.11. The van der Waals surface area contributed by atoms with Crippen molar-refractivity contribution in [2.24, 2.45) is 0 Å². The van der Waals surface area contributed by atoms with Crippen LogP contribution in [0.3, 0.4) is 0 Å². The van der Waals surface area contributed by atoms with Gasteiger partial charge in [0.2, 0.25) is 5.91 Å². The smallest absolute Gasteiger partial charge is 0.235 e. The lowest BCUT2D eigenvalue weighted by atomic mass is 10.2. The van der Waals surface area contributed by atoms with E-state index in [1.54, 1.807) is 12.3 Å². The van der Waals surface area contributed by atoms with E-state index < -0.39 is 0 Å². The normalized spacial score (nSPS) is 10.2. The molecule has 15 heavy (non-hydrogen) atoms. The third kappa shape index (κ3) is 2.15. The summed E-state index contributed by atoms with van der Waals surface area (Å²) in [5, 5.41) is 4.06. The van der Waals surface area contributed by atoms with Crippen LogP contribution in [-0.4, -0.2) is 16.2 Å². The summed E-state index contributed by atoms with van der Waals surface area (Å²) in [6.07, 6.45) is 1.69. The van der Waals surface area contributed by atoms with Crippen LogP contribution in [0.1, 0.15) is 0 Å². The lowest BCUT2D eigenvalue weighted by Crippen LogP contribution is -2.12. The summed E-state index contributed by atoms with van der Waals surface area (Å²) < 4.78 is 0. The van der Waals surface area contributed by atoms with Gasteiger partial charge in [0.25, 0.3) is 0 Å². The Morgan fingerprint density at radius 3 is 2.93 bits per heavy atom. The molecule has 0 saturated carbocycles. The first kappa shape index (κ1) is 10.1. The average molecular weight is 265 g/mol. The van der Waals surface area contributed by atoms with Crippen LogP contribution in [0.5, 0.6) is 0 Å². The fourth-order valence-corrected chi connectivity index (χ4v) is 1.53. The van der Waals surface area contributed by atoms with Gasteiger partial charge in [-0.1, -0.05) is 34.1 Å². The van der Waals surface area contributed by atoms with E-state index in [1.807, 2.05) is 24.3 Å². The molecule has 1 heterocycles. The van der Waals surface area contributed by atoms with Crippen LogP contribution in [0.2, 0.25) is 0 Å². The Balaban J connectivity index is 2.46. The summed E-state index contributed by atoms with van der Waals surface area (Å²) in [7, 11) is 0. The molecule has 0 aliphatic rings. The number of carbonyl (C=O) groups is 1. The maximum Gasteiger partial charge on any atom is 0.235 e. The molecule has 4 heteroatoms. The van der Waals surface area contributed by atoms with Crippen molar-refractivity contribution in [1.29, 1.82) is 0 Å². The standard InChI is InChI=1S/C11H9BrN2O/c12-7-11(15)14-10-5-6-13-9-4-2-1-3-8(9)10/h1-6H,7H2,(H,13,14,15). The number of rotatable bonds is 2. The number of nitrogens with zero attached hydrogens (tertiary/aromatic N) is 1. The number of para-hydroxylation sites is 1. The van der Waals surface area contributed by atoms with Crippen LogP contribution in [-0.2, 0) is 4.79 Å². The third-order valence-electron chi connectivity index (χ3n) is 2.04. The average Bonchev–Trinajstić information content (AvgIpc) is 2.29. The molecule has 3 nitrogen and oxygen atoms in total. The molecule has 0 aliphatic carbocycles. The summed E-state index contributed by atoms with van der Waals surface area (Å²) in [5.74, 6) is -0.0636. The summed E-state index contributed by atoms with van der Waals surface area (Å²) in [6, 6.07) is 9.49. The van der Waals surface area contributed by atoms with E-state index in [9.17, 15) is 4.79 Å². The lowest BCUT2D eigenvalue weighted by molar-refractivity contribution is -0.113. The molecule has 0 bridgehead atoms. The molecule has 76 valence electrons. The maximum absolute atomic E-state index is 11.2. The highest BCUT2D eigenvalue weighted by Gasteiger charge is 2.03. The molecule has 0 atom stereocenters. The van der Waals surface area contributed by atoms with E-state index in [2.05, 4.69) is 26.2 Å². The number of alkyl halides is 1. The van der Waals surface area contributed by atoms with Gasteiger partial charge in [-0.15, -0.1) is 0 Å². The van der Waals surface area contributed by atoms with Crippen molar-refractivity contribution in [3.8, 4) is 0 Å². The highest BCUT2D eigenvalue weighted by atomic mass is 79.9. The van der Waals surface area contributed by atoms with Crippen molar-refractivity contribution < 1.29 is 4.79 Å². The summed E-state index contributed by atoms with van der Waals surface area (Å²) in [4.78, 5) is 15.5. The number of carbonyl (C=O) groups excluding carboxylic acids is 1. The van der Waals surface area contributed by atoms with E-state index in [4.69, 9.17) is 0 Å². The van der Waals surface area contributed by atoms with Gasteiger partial charge in [0.15, 0.2) is 0 Å². The molecule has 2 aromatic rings. The van der Waals surface area contributed by atoms with Gasteiger partial charge in [-0.05, 0) is 12.1 Å². The van der Waals surface area contributed by atoms with Gasteiger partial charge >= 0.3 is 0 Å². The third-order valence-corrected chi connectivity index (χ3v) is 2.55. The molecule has 0 unspecified atom stereocenters. The van der Waals surface area contributed by atoms with E-state index in [1.165, 1.54) is 0 Å². The zero-order valence-electron chi connectivity index (χ0n) is 7.90. The predicted molar refractivity (Wildman–Crippen MR) is 64.2 cm³/mol. The molecule has 0 radical (unpaired) electrons. The second-order valence-electron chi connectivity index (χ2n) is 3.06. The zero-order chi connectivity index (χ0) is 10.7. The maximum atomic E-state index is 11.2. The SMILES string of the molecule is O=C(CBr)Nc1ccnc2ccccc12. The Labute approximate surface area is 95.6 Å². The van der Waals surface area contributed by atoms with E-state index in [0.717, 1.165) is 16.6 Å². The quantitative estimate of drug-likeness (QED) is 0.848. The van der Waals surface area contributed by atoms with Crippen LogP contribution in [0.15, 0.2) is 36.5 Å². The highest BCUT2D eigenvalue weighted by molar-refractivity contribution is 9.09. The van der Waals surface area contributed by atoms with Gasteiger partial charge in [0.05, 0.1) is 16.5 Å². The molecule has 1 aromatic heterocycles. The minimum atomic E-state index is -0.0636. The molecular formula is C11H9BrN2O. The van der Waals surface area contributed by atoms with Gasteiger partial charge in [-0.25, -0.2) is 0 Å². The molecule has 0 spiro atoms. The number of fused-ring (bicyclic) bond motifs is 1. The van der Waals surface area contributed by atoms with E-state index >= 15 is 0 Å². The summed E-state index contributed by atoms with van der Waals surface area (Å²) in [6.45, 7) is 0. The van der Waals surface area contributed by atoms with Crippen LogP contribution in [0, 0.1) is 0 Å². The minimum Gasteiger partial charge on any atom is -0.325 e.